The van der Waals surface area contributed by atoms with Crippen LogP contribution in [-0.2, 0) is 11.3 Å². The van der Waals surface area contributed by atoms with E-state index in [-0.39, 0.29) is 5.52 Å². The number of pyridine rings is 2. The van der Waals surface area contributed by atoms with Crippen molar-refractivity contribution in [2.45, 2.75) is 6.54 Å². The summed E-state index contributed by atoms with van der Waals surface area (Å²) in [6.45, 7) is 1.95. The summed E-state index contributed by atoms with van der Waals surface area (Å²) >= 11 is 0. The number of ether oxygens (including phenoxy) is 1. The van der Waals surface area contributed by atoms with Gasteiger partial charge in [-0.15, -0.1) is 0 Å². The summed E-state index contributed by atoms with van der Waals surface area (Å²) in [6, 6.07) is 8.29. The van der Waals surface area contributed by atoms with Crippen molar-refractivity contribution in [2.75, 3.05) is 37.5 Å². The Morgan fingerprint density at radius 2 is 1.96 bits per heavy atom. The van der Waals surface area contributed by atoms with Crippen LogP contribution < -0.4 is 10.2 Å². The first kappa shape index (κ1) is 18.0. The number of halogens is 2. The van der Waals surface area contributed by atoms with Crippen LogP contribution in [0.1, 0.15) is 5.56 Å². The molecule has 0 saturated carbocycles. The van der Waals surface area contributed by atoms with E-state index < -0.39 is 11.6 Å². The van der Waals surface area contributed by atoms with Gasteiger partial charge >= 0.3 is 0 Å². The molecular formula is C19H20F2N4O. The van der Waals surface area contributed by atoms with E-state index in [2.05, 4.69) is 15.3 Å². The number of benzene rings is 1. The molecule has 136 valence electrons. The molecule has 3 rings (SSSR count). The number of anilines is 2. The van der Waals surface area contributed by atoms with Gasteiger partial charge in [0.15, 0.2) is 11.6 Å². The molecule has 5 nitrogen and oxygen atoms in total. The highest BCUT2D eigenvalue weighted by atomic mass is 19.2. The molecule has 3 aromatic rings. The van der Waals surface area contributed by atoms with E-state index in [9.17, 15) is 8.78 Å². The van der Waals surface area contributed by atoms with E-state index in [1.54, 1.807) is 19.4 Å². The van der Waals surface area contributed by atoms with Crippen LogP contribution in [0.15, 0.2) is 42.7 Å². The largest absolute Gasteiger partial charge is 0.383 e. The zero-order chi connectivity index (χ0) is 18.5. The third-order valence-corrected chi connectivity index (χ3v) is 4.07. The Kier molecular flexibility index (Phi) is 5.58. The molecule has 7 heteroatoms. The zero-order valence-corrected chi connectivity index (χ0v) is 14.7. The van der Waals surface area contributed by atoms with Gasteiger partial charge in [0, 0.05) is 38.8 Å². The summed E-state index contributed by atoms with van der Waals surface area (Å²) in [7, 11) is 3.63. The maximum absolute atomic E-state index is 13.7. The van der Waals surface area contributed by atoms with Crippen LogP contribution in [0.2, 0.25) is 0 Å². The maximum atomic E-state index is 13.7. The monoisotopic (exact) mass is 358 g/mol. The predicted octanol–water partition coefficient (Wildman–Crippen LogP) is 3.60. The van der Waals surface area contributed by atoms with Crippen LogP contribution in [-0.4, -0.2) is 37.3 Å². The normalized spacial score (nSPS) is 10.9. The van der Waals surface area contributed by atoms with E-state index >= 15 is 0 Å². The molecule has 2 heterocycles. The molecule has 0 amide bonds. The number of fused-ring (bicyclic) bond motifs is 1. The van der Waals surface area contributed by atoms with Crippen molar-refractivity contribution in [3.8, 4) is 0 Å². The molecule has 0 aliphatic rings. The third-order valence-electron chi connectivity index (χ3n) is 4.07. The Bertz CT molecular complexity index is 887. The molecule has 0 aliphatic heterocycles. The Morgan fingerprint density at radius 1 is 1.12 bits per heavy atom. The number of hydrogen-bond donors (Lipinski definition) is 1. The summed E-state index contributed by atoms with van der Waals surface area (Å²) in [6.07, 6.45) is 3.29. The summed E-state index contributed by atoms with van der Waals surface area (Å²) in [4.78, 5) is 10.5. The first-order valence-electron chi connectivity index (χ1n) is 8.21. The Balaban J connectivity index is 1.65. The topological polar surface area (TPSA) is 50.3 Å². The van der Waals surface area contributed by atoms with Crippen LogP contribution in [0.4, 0.5) is 20.3 Å². The number of hydrogen-bond acceptors (Lipinski definition) is 5. The quantitative estimate of drug-likeness (QED) is 0.699. The van der Waals surface area contributed by atoms with Crippen molar-refractivity contribution in [3.05, 3.63) is 59.9 Å². The van der Waals surface area contributed by atoms with E-state index in [0.717, 1.165) is 29.7 Å². The van der Waals surface area contributed by atoms with E-state index in [1.165, 1.54) is 12.3 Å². The average Bonchev–Trinajstić information content (AvgIpc) is 2.67. The number of methoxy groups -OCH3 is 1. The van der Waals surface area contributed by atoms with Crippen molar-refractivity contribution in [2.24, 2.45) is 0 Å². The molecule has 0 unspecified atom stereocenters. The van der Waals surface area contributed by atoms with Gasteiger partial charge in [-0.3, -0.25) is 4.98 Å². The number of likely N-dealkylation sites (N-methyl/N-ethyl adjacent to an activating group) is 1. The molecule has 0 fully saturated rings. The Hall–Kier alpha value is -2.80. The number of nitrogens with one attached hydrogen (secondary N) is 1. The summed E-state index contributed by atoms with van der Waals surface area (Å²) in [5, 5.41) is 3.76. The highest BCUT2D eigenvalue weighted by molar-refractivity contribution is 5.82. The van der Waals surface area contributed by atoms with Crippen molar-refractivity contribution in [1.82, 2.24) is 9.97 Å². The molecule has 0 atom stereocenters. The van der Waals surface area contributed by atoms with E-state index in [1.807, 2.05) is 24.1 Å². The van der Waals surface area contributed by atoms with Crippen molar-refractivity contribution in [1.29, 1.82) is 0 Å². The summed E-state index contributed by atoms with van der Waals surface area (Å²) < 4.78 is 32.0. The zero-order valence-electron chi connectivity index (χ0n) is 14.7. The highest BCUT2D eigenvalue weighted by Gasteiger charge is 2.09. The second-order valence-electron chi connectivity index (χ2n) is 5.95. The smallest absolute Gasteiger partial charge is 0.184 e. The van der Waals surface area contributed by atoms with E-state index in [0.29, 0.717) is 18.5 Å². The molecule has 0 bridgehead atoms. The second kappa shape index (κ2) is 8.05. The predicted molar refractivity (Wildman–Crippen MR) is 98.4 cm³/mol. The van der Waals surface area contributed by atoms with Gasteiger partial charge in [0.2, 0.25) is 0 Å². The van der Waals surface area contributed by atoms with Crippen LogP contribution in [0, 0.1) is 11.6 Å². The minimum absolute atomic E-state index is 0.0284. The molecule has 0 radical (unpaired) electrons. The fourth-order valence-electron chi connectivity index (χ4n) is 2.53. The lowest BCUT2D eigenvalue weighted by molar-refractivity contribution is 0.206. The van der Waals surface area contributed by atoms with Crippen molar-refractivity contribution < 1.29 is 13.5 Å². The van der Waals surface area contributed by atoms with Gasteiger partial charge in [-0.1, -0.05) is 6.07 Å². The van der Waals surface area contributed by atoms with Crippen LogP contribution >= 0.6 is 0 Å². The lowest BCUT2D eigenvalue weighted by Crippen LogP contribution is -2.22. The lowest BCUT2D eigenvalue weighted by atomic mass is 10.2. The molecule has 0 aliphatic carbocycles. The lowest BCUT2D eigenvalue weighted by Gasteiger charge is -2.17. The molecule has 2 aromatic heterocycles. The van der Waals surface area contributed by atoms with Crippen LogP contribution in [0.25, 0.3) is 10.9 Å². The molecule has 1 N–H and O–H groups in total. The number of rotatable bonds is 7. The Morgan fingerprint density at radius 3 is 2.69 bits per heavy atom. The number of nitrogens with zero attached hydrogens (tertiary/aromatic N) is 3. The first-order valence-corrected chi connectivity index (χ1v) is 8.21. The minimum atomic E-state index is -0.925. The molecular weight excluding hydrogens is 338 g/mol. The van der Waals surface area contributed by atoms with Gasteiger partial charge in [-0.2, -0.15) is 0 Å². The Labute approximate surface area is 150 Å². The van der Waals surface area contributed by atoms with Gasteiger partial charge in [0.05, 0.1) is 18.5 Å². The second-order valence-corrected chi connectivity index (χ2v) is 5.95. The molecule has 26 heavy (non-hydrogen) atoms. The maximum Gasteiger partial charge on any atom is 0.184 e. The molecule has 0 saturated heterocycles. The average molecular weight is 358 g/mol. The van der Waals surface area contributed by atoms with E-state index in [4.69, 9.17) is 4.74 Å². The fourth-order valence-corrected chi connectivity index (χ4v) is 2.53. The summed E-state index contributed by atoms with van der Waals surface area (Å²) in [5.74, 6) is -0.950. The first-order chi connectivity index (χ1) is 12.6. The highest BCUT2D eigenvalue weighted by Crippen LogP contribution is 2.21. The van der Waals surface area contributed by atoms with Gasteiger partial charge in [0.25, 0.3) is 0 Å². The van der Waals surface area contributed by atoms with Gasteiger partial charge in [-0.05, 0) is 29.8 Å². The van der Waals surface area contributed by atoms with Crippen LogP contribution in [0.5, 0.6) is 0 Å². The van der Waals surface area contributed by atoms with Gasteiger partial charge in [0.1, 0.15) is 11.3 Å². The van der Waals surface area contributed by atoms with Gasteiger partial charge in [-0.25, -0.2) is 13.8 Å². The number of aromatic nitrogens is 2. The standard InChI is InChI=1S/C19H20F2N4O/c1-25(7-8-26-2)17-6-3-13(11-23-17)10-22-15-9-14-4-5-16(20)18(21)19(14)24-12-15/h3-6,9,11-12,22H,7-8,10H2,1-2H3. The minimum Gasteiger partial charge on any atom is -0.383 e. The molecule has 1 aromatic carbocycles. The third kappa shape index (κ3) is 4.05. The molecule has 0 spiro atoms. The van der Waals surface area contributed by atoms with Crippen LogP contribution in [0.3, 0.4) is 0 Å². The van der Waals surface area contributed by atoms with Gasteiger partial charge < -0.3 is 15.0 Å². The summed E-state index contributed by atoms with van der Waals surface area (Å²) in [5.41, 5.74) is 1.75. The van der Waals surface area contributed by atoms with Crippen molar-refractivity contribution >= 4 is 22.4 Å². The fraction of sp³-hybridized carbons (Fsp3) is 0.263. The SMILES string of the molecule is COCCN(C)c1ccc(CNc2cnc3c(F)c(F)ccc3c2)cn1. The van der Waals surface area contributed by atoms with Crippen molar-refractivity contribution in [3.63, 3.8) is 0 Å².